The highest BCUT2D eigenvalue weighted by Gasteiger charge is 2.11. The van der Waals surface area contributed by atoms with Crippen LogP contribution in [0.2, 0.25) is 0 Å². The maximum absolute atomic E-state index is 12.3. The first-order valence-electron chi connectivity index (χ1n) is 7.80. The van der Waals surface area contributed by atoms with Gasteiger partial charge in [-0.2, -0.15) is 0 Å². The zero-order valence-corrected chi connectivity index (χ0v) is 13.5. The molecule has 0 aliphatic heterocycles. The van der Waals surface area contributed by atoms with Crippen molar-refractivity contribution in [2.45, 2.75) is 13.5 Å². The summed E-state index contributed by atoms with van der Waals surface area (Å²) in [7, 11) is 0. The predicted molar refractivity (Wildman–Crippen MR) is 91.3 cm³/mol. The van der Waals surface area contributed by atoms with Crippen LogP contribution in [0.1, 0.15) is 22.1 Å². The van der Waals surface area contributed by atoms with E-state index in [0.29, 0.717) is 17.3 Å². The summed E-state index contributed by atoms with van der Waals surface area (Å²) < 4.78 is 7.22. The molecule has 1 N–H and O–H groups in total. The summed E-state index contributed by atoms with van der Waals surface area (Å²) in [6, 6.07) is 15.4. The first-order chi connectivity index (χ1) is 12.2. The van der Waals surface area contributed by atoms with Crippen LogP contribution >= 0.6 is 0 Å². The van der Waals surface area contributed by atoms with Gasteiger partial charge in [0, 0.05) is 18.2 Å². The Morgan fingerprint density at radius 2 is 2.00 bits per heavy atom. The molecule has 0 saturated heterocycles. The highest BCUT2D eigenvalue weighted by atomic mass is 16.4. The van der Waals surface area contributed by atoms with Crippen LogP contribution in [-0.4, -0.2) is 25.7 Å². The van der Waals surface area contributed by atoms with Gasteiger partial charge in [0.1, 0.15) is 6.33 Å². The number of hydrogen-bond acceptors (Lipinski definition) is 5. The summed E-state index contributed by atoms with van der Waals surface area (Å²) in [6.45, 7) is 1.89. The number of carbonyl (C=O) groups is 1. The Kier molecular flexibility index (Phi) is 3.74. The molecule has 4 aromatic rings. The molecule has 124 valence electrons. The van der Waals surface area contributed by atoms with Crippen molar-refractivity contribution < 1.29 is 9.21 Å². The number of aromatic nitrogens is 4. The highest BCUT2D eigenvalue weighted by Crippen LogP contribution is 2.19. The number of rotatable bonds is 4. The molecular formula is C18H15N5O2. The highest BCUT2D eigenvalue weighted by molar-refractivity contribution is 5.97. The predicted octanol–water partition coefficient (Wildman–Crippen LogP) is 2.65. The molecule has 2 heterocycles. The van der Waals surface area contributed by atoms with Crippen LogP contribution in [0.5, 0.6) is 0 Å². The fourth-order valence-electron chi connectivity index (χ4n) is 2.62. The van der Waals surface area contributed by atoms with Crippen molar-refractivity contribution in [3.63, 3.8) is 0 Å². The maximum atomic E-state index is 12.3. The van der Waals surface area contributed by atoms with Crippen molar-refractivity contribution in [3.8, 4) is 5.69 Å². The van der Waals surface area contributed by atoms with Crippen molar-refractivity contribution in [2.75, 3.05) is 0 Å². The fourth-order valence-corrected chi connectivity index (χ4v) is 2.62. The Morgan fingerprint density at radius 3 is 2.76 bits per heavy atom. The number of para-hydroxylation sites is 1. The van der Waals surface area contributed by atoms with Gasteiger partial charge in [-0.05, 0) is 30.3 Å². The van der Waals surface area contributed by atoms with E-state index >= 15 is 0 Å². The minimum absolute atomic E-state index is 0.191. The van der Waals surface area contributed by atoms with Crippen LogP contribution in [0.25, 0.3) is 16.7 Å². The molecule has 0 aliphatic rings. The van der Waals surface area contributed by atoms with Crippen molar-refractivity contribution in [3.05, 3.63) is 72.2 Å². The van der Waals surface area contributed by atoms with Crippen LogP contribution in [0.15, 0.2) is 59.3 Å². The van der Waals surface area contributed by atoms with Crippen molar-refractivity contribution in [1.29, 1.82) is 0 Å². The van der Waals surface area contributed by atoms with Gasteiger partial charge >= 0.3 is 0 Å². The van der Waals surface area contributed by atoms with E-state index in [4.69, 9.17) is 4.42 Å². The number of benzene rings is 2. The molecule has 0 bridgehead atoms. The summed E-state index contributed by atoms with van der Waals surface area (Å²) in [5, 5.41) is 10.3. The van der Waals surface area contributed by atoms with Gasteiger partial charge in [0.25, 0.3) is 5.91 Å². The van der Waals surface area contributed by atoms with Gasteiger partial charge in [0.05, 0.1) is 17.6 Å². The number of carbonyl (C=O) groups excluding carboxylic acids is 1. The fraction of sp³-hybridized carbons (Fsp3) is 0.111. The second-order valence-electron chi connectivity index (χ2n) is 5.55. The van der Waals surface area contributed by atoms with Crippen LogP contribution in [0, 0.1) is 6.92 Å². The zero-order valence-electron chi connectivity index (χ0n) is 13.5. The van der Waals surface area contributed by atoms with E-state index in [9.17, 15) is 4.79 Å². The minimum Gasteiger partial charge on any atom is -0.424 e. The number of amides is 1. The third-order valence-electron chi connectivity index (χ3n) is 3.81. The van der Waals surface area contributed by atoms with Gasteiger partial charge in [-0.15, -0.1) is 10.2 Å². The summed E-state index contributed by atoms with van der Waals surface area (Å²) in [5.74, 6) is 0.629. The van der Waals surface area contributed by atoms with Gasteiger partial charge in [-0.25, -0.2) is 4.98 Å². The molecule has 0 unspecified atom stereocenters. The van der Waals surface area contributed by atoms with E-state index < -0.39 is 0 Å². The molecular weight excluding hydrogens is 318 g/mol. The standard InChI is InChI=1S/C18H15N5O2/c1-12-21-22-17(25-12)10-19-18(24)13-7-8-16-15(9-13)20-11-23(16)14-5-3-2-4-6-14/h2-9,11H,10H2,1H3,(H,19,24). The van der Waals surface area contributed by atoms with E-state index in [1.165, 1.54) is 0 Å². The molecule has 1 amide bonds. The smallest absolute Gasteiger partial charge is 0.251 e. The second kappa shape index (κ2) is 6.20. The largest absolute Gasteiger partial charge is 0.424 e. The van der Waals surface area contributed by atoms with Crippen LogP contribution in [-0.2, 0) is 6.54 Å². The van der Waals surface area contributed by atoms with Gasteiger partial charge < -0.3 is 9.73 Å². The summed E-state index contributed by atoms with van der Waals surface area (Å²) in [6.07, 6.45) is 1.75. The van der Waals surface area contributed by atoms with E-state index in [1.807, 2.05) is 41.0 Å². The number of hydrogen-bond donors (Lipinski definition) is 1. The van der Waals surface area contributed by atoms with Gasteiger partial charge in [-0.3, -0.25) is 9.36 Å². The number of imidazole rings is 1. The van der Waals surface area contributed by atoms with Crippen molar-refractivity contribution in [1.82, 2.24) is 25.1 Å². The summed E-state index contributed by atoms with van der Waals surface area (Å²) in [4.78, 5) is 16.7. The zero-order chi connectivity index (χ0) is 17.2. The molecule has 0 radical (unpaired) electrons. The van der Waals surface area contributed by atoms with Crippen LogP contribution in [0.3, 0.4) is 0 Å². The lowest BCUT2D eigenvalue weighted by Gasteiger charge is -2.05. The Bertz CT molecular complexity index is 1040. The molecule has 2 aromatic heterocycles. The maximum Gasteiger partial charge on any atom is 0.251 e. The average molecular weight is 333 g/mol. The van der Waals surface area contributed by atoms with E-state index in [0.717, 1.165) is 16.7 Å². The van der Waals surface area contributed by atoms with Crippen LogP contribution in [0.4, 0.5) is 0 Å². The Labute approximate surface area is 143 Å². The van der Waals surface area contributed by atoms with Gasteiger partial charge in [0.2, 0.25) is 11.8 Å². The first kappa shape index (κ1) is 15.1. The SMILES string of the molecule is Cc1nnc(CNC(=O)c2ccc3c(c2)ncn3-c2ccccc2)o1. The van der Waals surface area contributed by atoms with Gasteiger partial charge in [-0.1, -0.05) is 18.2 Å². The molecule has 0 aliphatic carbocycles. The molecule has 0 spiro atoms. The van der Waals surface area contributed by atoms with Crippen molar-refractivity contribution >= 4 is 16.9 Å². The average Bonchev–Trinajstić information content (AvgIpc) is 3.26. The molecule has 25 heavy (non-hydrogen) atoms. The second-order valence-corrected chi connectivity index (χ2v) is 5.55. The molecule has 0 atom stereocenters. The molecule has 7 heteroatoms. The number of fused-ring (bicyclic) bond motifs is 1. The van der Waals surface area contributed by atoms with Crippen molar-refractivity contribution in [2.24, 2.45) is 0 Å². The quantitative estimate of drug-likeness (QED) is 0.620. The molecule has 0 fully saturated rings. The third-order valence-corrected chi connectivity index (χ3v) is 3.81. The minimum atomic E-state index is -0.216. The normalized spacial score (nSPS) is 10.9. The monoisotopic (exact) mass is 333 g/mol. The Morgan fingerprint density at radius 1 is 1.16 bits per heavy atom. The van der Waals surface area contributed by atoms with Gasteiger partial charge in [0.15, 0.2) is 0 Å². The number of aryl methyl sites for hydroxylation is 1. The Hall–Kier alpha value is -3.48. The van der Waals surface area contributed by atoms with E-state index in [2.05, 4.69) is 20.5 Å². The van der Waals surface area contributed by atoms with E-state index in [1.54, 1.807) is 25.4 Å². The Balaban J connectivity index is 1.56. The topological polar surface area (TPSA) is 85.8 Å². The lowest BCUT2D eigenvalue weighted by Crippen LogP contribution is -2.22. The summed E-state index contributed by atoms with van der Waals surface area (Å²) in [5.41, 5.74) is 3.25. The molecule has 0 saturated carbocycles. The lowest BCUT2D eigenvalue weighted by molar-refractivity contribution is 0.0947. The van der Waals surface area contributed by atoms with Crippen LogP contribution < -0.4 is 5.32 Å². The van der Waals surface area contributed by atoms with E-state index in [-0.39, 0.29) is 12.5 Å². The number of nitrogens with one attached hydrogen (secondary N) is 1. The molecule has 2 aromatic carbocycles. The third kappa shape index (κ3) is 2.99. The summed E-state index contributed by atoms with van der Waals surface area (Å²) >= 11 is 0. The molecule has 4 rings (SSSR count). The first-order valence-corrected chi connectivity index (χ1v) is 7.80. The lowest BCUT2D eigenvalue weighted by atomic mass is 10.2. The number of nitrogens with zero attached hydrogens (tertiary/aromatic N) is 4. The molecule has 7 nitrogen and oxygen atoms in total.